The van der Waals surface area contributed by atoms with E-state index < -0.39 is 0 Å². The lowest BCUT2D eigenvalue weighted by atomic mass is 10.5. The normalized spacial score (nSPS) is 9.55. The van der Waals surface area contributed by atoms with Crippen LogP contribution in [0.2, 0.25) is 0 Å². The molecule has 0 atom stereocenters. The van der Waals surface area contributed by atoms with Crippen LogP contribution >= 0.6 is 11.3 Å². The number of aromatic nitrogens is 1. The van der Waals surface area contributed by atoms with E-state index in [1.54, 1.807) is 5.38 Å². The molecular formula is C6H8N2O2S. The second-order valence-corrected chi connectivity index (χ2v) is 2.93. The van der Waals surface area contributed by atoms with Crippen molar-refractivity contribution < 1.29 is 4.79 Å². The lowest BCUT2D eigenvalue weighted by Crippen LogP contribution is -2.19. The van der Waals surface area contributed by atoms with Gasteiger partial charge in [-0.3, -0.25) is 9.59 Å². The second kappa shape index (κ2) is 3.34. The Balaban J connectivity index is 2.51. The zero-order valence-electron chi connectivity index (χ0n) is 6.01. The third kappa shape index (κ3) is 2.55. The van der Waals surface area contributed by atoms with Crippen molar-refractivity contribution in [2.45, 2.75) is 13.5 Å². The monoisotopic (exact) mass is 172 g/mol. The largest absolute Gasteiger partial charge is 0.351 e. The van der Waals surface area contributed by atoms with Crippen molar-refractivity contribution in [3.05, 3.63) is 20.7 Å². The van der Waals surface area contributed by atoms with Crippen molar-refractivity contribution in [2.75, 3.05) is 0 Å². The molecule has 1 aromatic rings. The fourth-order valence-electron chi connectivity index (χ4n) is 0.620. The van der Waals surface area contributed by atoms with Gasteiger partial charge in [0.25, 0.3) is 0 Å². The summed E-state index contributed by atoms with van der Waals surface area (Å²) in [4.78, 5) is 23.5. The molecule has 0 aliphatic carbocycles. The molecule has 0 fully saturated rings. The van der Waals surface area contributed by atoms with Crippen molar-refractivity contribution in [1.82, 2.24) is 10.3 Å². The summed E-state index contributed by atoms with van der Waals surface area (Å²) in [7, 11) is 0. The lowest BCUT2D eigenvalue weighted by molar-refractivity contribution is -0.119. The Morgan fingerprint density at radius 2 is 2.55 bits per heavy atom. The summed E-state index contributed by atoms with van der Waals surface area (Å²) >= 11 is 1.09. The summed E-state index contributed by atoms with van der Waals surface area (Å²) in [6.07, 6.45) is 0. The van der Waals surface area contributed by atoms with Gasteiger partial charge < -0.3 is 10.3 Å². The maximum Gasteiger partial charge on any atom is 0.304 e. The maximum absolute atomic E-state index is 10.6. The number of H-pyrrole nitrogens is 1. The van der Waals surface area contributed by atoms with Gasteiger partial charge in [0.1, 0.15) is 0 Å². The molecule has 0 unspecified atom stereocenters. The number of carbonyl (C=O) groups excluding carboxylic acids is 1. The van der Waals surface area contributed by atoms with Gasteiger partial charge in [0.2, 0.25) is 5.91 Å². The van der Waals surface area contributed by atoms with Gasteiger partial charge in [0.15, 0.2) is 0 Å². The zero-order valence-corrected chi connectivity index (χ0v) is 6.83. The minimum absolute atomic E-state index is 0.0923. The van der Waals surface area contributed by atoms with Gasteiger partial charge in [-0.25, -0.2) is 0 Å². The SMILES string of the molecule is CC(=O)NCc1csc(=O)[nH]1. The number of thiazole rings is 1. The van der Waals surface area contributed by atoms with E-state index in [1.165, 1.54) is 6.92 Å². The molecule has 0 bridgehead atoms. The van der Waals surface area contributed by atoms with Gasteiger partial charge in [-0.15, -0.1) is 0 Å². The Morgan fingerprint density at radius 1 is 1.82 bits per heavy atom. The van der Waals surface area contributed by atoms with E-state index in [1.807, 2.05) is 0 Å². The zero-order chi connectivity index (χ0) is 8.27. The fourth-order valence-corrected chi connectivity index (χ4v) is 1.20. The van der Waals surface area contributed by atoms with Crippen LogP contribution in [-0.2, 0) is 11.3 Å². The molecule has 4 nitrogen and oxygen atoms in total. The summed E-state index contributed by atoms with van der Waals surface area (Å²) in [5.74, 6) is -0.1000. The molecule has 0 saturated carbocycles. The fraction of sp³-hybridized carbons (Fsp3) is 0.333. The maximum atomic E-state index is 10.6. The van der Waals surface area contributed by atoms with Crippen LogP contribution in [0.3, 0.4) is 0 Å². The number of carbonyl (C=O) groups is 1. The van der Waals surface area contributed by atoms with Gasteiger partial charge >= 0.3 is 4.87 Å². The molecule has 0 aromatic carbocycles. The average Bonchev–Trinajstić information content (AvgIpc) is 2.31. The number of hydrogen-bond donors (Lipinski definition) is 2. The molecular weight excluding hydrogens is 164 g/mol. The molecule has 0 aliphatic heterocycles. The number of hydrogen-bond acceptors (Lipinski definition) is 3. The van der Waals surface area contributed by atoms with Crippen molar-refractivity contribution in [3.8, 4) is 0 Å². The Kier molecular flexibility index (Phi) is 2.43. The van der Waals surface area contributed by atoms with Crippen LogP contribution in [0.15, 0.2) is 10.2 Å². The minimum atomic E-state index is -0.1000. The van der Waals surface area contributed by atoms with Crippen molar-refractivity contribution in [1.29, 1.82) is 0 Å². The molecule has 1 rings (SSSR count). The number of rotatable bonds is 2. The van der Waals surface area contributed by atoms with Crippen LogP contribution in [-0.4, -0.2) is 10.9 Å². The Morgan fingerprint density at radius 3 is 3.00 bits per heavy atom. The molecule has 0 spiro atoms. The molecule has 5 heteroatoms. The van der Waals surface area contributed by atoms with Crippen molar-refractivity contribution in [2.24, 2.45) is 0 Å². The molecule has 2 N–H and O–H groups in total. The molecule has 1 aromatic heterocycles. The Hall–Kier alpha value is -1.10. The number of aromatic amines is 1. The van der Waals surface area contributed by atoms with E-state index in [9.17, 15) is 9.59 Å². The van der Waals surface area contributed by atoms with Crippen LogP contribution in [0.1, 0.15) is 12.6 Å². The van der Waals surface area contributed by atoms with Crippen LogP contribution in [0.4, 0.5) is 0 Å². The summed E-state index contributed by atoms with van der Waals surface area (Å²) in [6, 6.07) is 0. The highest BCUT2D eigenvalue weighted by atomic mass is 32.1. The highest BCUT2D eigenvalue weighted by Gasteiger charge is 1.95. The summed E-state index contributed by atoms with van der Waals surface area (Å²) < 4.78 is 0. The first-order valence-electron chi connectivity index (χ1n) is 3.09. The van der Waals surface area contributed by atoms with Crippen LogP contribution in [0.5, 0.6) is 0 Å². The minimum Gasteiger partial charge on any atom is -0.351 e. The van der Waals surface area contributed by atoms with E-state index in [2.05, 4.69) is 10.3 Å². The molecule has 0 radical (unpaired) electrons. The molecule has 1 amide bonds. The average molecular weight is 172 g/mol. The van der Waals surface area contributed by atoms with E-state index >= 15 is 0 Å². The highest BCUT2D eigenvalue weighted by Crippen LogP contribution is 1.93. The first kappa shape index (κ1) is 8.00. The number of amides is 1. The first-order chi connectivity index (χ1) is 5.18. The van der Waals surface area contributed by atoms with Crippen LogP contribution in [0.25, 0.3) is 0 Å². The van der Waals surface area contributed by atoms with Crippen molar-refractivity contribution in [3.63, 3.8) is 0 Å². The van der Waals surface area contributed by atoms with Gasteiger partial charge in [0, 0.05) is 18.0 Å². The van der Waals surface area contributed by atoms with E-state index in [4.69, 9.17) is 0 Å². The topological polar surface area (TPSA) is 62.0 Å². The van der Waals surface area contributed by atoms with Crippen molar-refractivity contribution >= 4 is 17.2 Å². The number of nitrogens with one attached hydrogen (secondary N) is 2. The standard InChI is InChI=1S/C6H8N2O2S/c1-4(9)7-2-5-3-11-6(10)8-5/h3H,2H2,1H3,(H,7,9)(H,8,10). The Bertz CT molecular complexity index is 302. The second-order valence-electron chi connectivity index (χ2n) is 2.08. The summed E-state index contributed by atoms with van der Waals surface area (Å²) in [5.41, 5.74) is 0.746. The smallest absolute Gasteiger partial charge is 0.304 e. The van der Waals surface area contributed by atoms with Crippen LogP contribution < -0.4 is 10.2 Å². The highest BCUT2D eigenvalue weighted by molar-refractivity contribution is 7.07. The molecule has 0 aliphatic rings. The quantitative estimate of drug-likeness (QED) is 0.663. The van der Waals surface area contributed by atoms with Gasteiger partial charge in [-0.2, -0.15) is 0 Å². The predicted molar refractivity (Wildman–Crippen MR) is 42.5 cm³/mol. The molecule has 1 heterocycles. The third-order valence-corrected chi connectivity index (χ3v) is 1.82. The molecule has 0 saturated heterocycles. The Labute approximate surface area is 67.3 Å². The van der Waals surface area contributed by atoms with E-state index in [0.717, 1.165) is 17.0 Å². The predicted octanol–water partition coefficient (Wildman–Crippen LogP) is 0.0725. The summed E-state index contributed by atoms with van der Waals surface area (Å²) in [6.45, 7) is 1.83. The van der Waals surface area contributed by atoms with E-state index in [-0.39, 0.29) is 10.8 Å². The van der Waals surface area contributed by atoms with Gasteiger partial charge in [0.05, 0.1) is 6.54 Å². The molecule has 60 valence electrons. The molecule has 11 heavy (non-hydrogen) atoms. The summed E-state index contributed by atoms with van der Waals surface area (Å²) in [5, 5.41) is 4.27. The van der Waals surface area contributed by atoms with Gasteiger partial charge in [-0.05, 0) is 0 Å². The van der Waals surface area contributed by atoms with Crippen LogP contribution in [0, 0.1) is 0 Å². The van der Waals surface area contributed by atoms with E-state index in [0.29, 0.717) is 6.54 Å². The lowest BCUT2D eigenvalue weighted by Gasteiger charge is -1.96. The first-order valence-corrected chi connectivity index (χ1v) is 3.97. The van der Waals surface area contributed by atoms with Gasteiger partial charge in [-0.1, -0.05) is 11.3 Å². The third-order valence-electron chi connectivity index (χ3n) is 1.10.